The molecular formula is C11H19NO. The molecule has 1 aliphatic carbocycles. The average Bonchev–Trinajstić information content (AvgIpc) is 2.11. The number of carbonyl (C=O) groups excluding carboxylic acids is 1. The van der Waals surface area contributed by atoms with Crippen molar-refractivity contribution in [3.05, 3.63) is 11.6 Å². The number of rotatable bonds is 2. The molecule has 0 radical (unpaired) electrons. The van der Waals surface area contributed by atoms with Crippen molar-refractivity contribution in [3.8, 4) is 0 Å². The van der Waals surface area contributed by atoms with Gasteiger partial charge in [-0.15, -0.1) is 0 Å². The topological polar surface area (TPSA) is 43.1 Å². The first-order chi connectivity index (χ1) is 5.96. The number of carbonyl (C=O) groups is 1. The Morgan fingerprint density at radius 2 is 2.15 bits per heavy atom. The molecule has 0 heterocycles. The minimum atomic E-state index is -0.375. The molecule has 13 heavy (non-hydrogen) atoms. The first-order valence-corrected chi connectivity index (χ1v) is 4.82. The summed E-state index contributed by atoms with van der Waals surface area (Å²) < 4.78 is 0. The molecule has 1 aliphatic rings. The third-order valence-corrected chi connectivity index (χ3v) is 3.40. The minimum absolute atomic E-state index is 0.238. The Bertz CT molecular complexity index is 242. The third-order valence-electron chi connectivity index (χ3n) is 3.40. The van der Waals surface area contributed by atoms with Crippen LogP contribution in [0.5, 0.6) is 0 Å². The first kappa shape index (κ1) is 10.5. The van der Waals surface area contributed by atoms with Gasteiger partial charge in [0.15, 0.2) is 0 Å². The van der Waals surface area contributed by atoms with E-state index in [0.29, 0.717) is 6.54 Å². The number of hydrogen-bond donors (Lipinski definition) is 1. The molecular weight excluding hydrogens is 162 g/mol. The highest BCUT2D eigenvalue weighted by Crippen LogP contribution is 2.42. The van der Waals surface area contributed by atoms with E-state index in [1.807, 2.05) is 0 Å². The second-order valence-corrected chi connectivity index (χ2v) is 4.77. The van der Waals surface area contributed by atoms with E-state index in [1.54, 1.807) is 0 Å². The lowest BCUT2D eigenvalue weighted by Gasteiger charge is -2.37. The van der Waals surface area contributed by atoms with E-state index in [0.717, 1.165) is 19.1 Å². The van der Waals surface area contributed by atoms with Gasteiger partial charge < -0.3 is 10.5 Å². The van der Waals surface area contributed by atoms with Gasteiger partial charge in [-0.3, -0.25) is 0 Å². The maximum absolute atomic E-state index is 10.9. The monoisotopic (exact) mass is 181 g/mol. The van der Waals surface area contributed by atoms with Crippen LogP contribution in [0.1, 0.15) is 33.6 Å². The summed E-state index contributed by atoms with van der Waals surface area (Å²) in [7, 11) is 0. The normalized spacial score (nSPS) is 32.5. The van der Waals surface area contributed by atoms with Crippen LogP contribution in [0.25, 0.3) is 0 Å². The van der Waals surface area contributed by atoms with Gasteiger partial charge in [-0.1, -0.05) is 25.5 Å². The van der Waals surface area contributed by atoms with Gasteiger partial charge in [0.25, 0.3) is 0 Å². The van der Waals surface area contributed by atoms with Crippen LogP contribution in [0.2, 0.25) is 0 Å². The van der Waals surface area contributed by atoms with Crippen molar-refractivity contribution in [2.75, 3.05) is 6.54 Å². The molecule has 1 rings (SSSR count). The number of aldehydes is 1. The predicted octanol–water partition coefficient (Wildman–Crippen LogP) is 1.90. The van der Waals surface area contributed by atoms with Gasteiger partial charge in [0, 0.05) is 6.54 Å². The van der Waals surface area contributed by atoms with Crippen LogP contribution < -0.4 is 5.73 Å². The zero-order valence-corrected chi connectivity index (χ0v) is 8.76. The Balaban J connectivity index is 2.99. The maximum Gasteiger partial charge on any atom is 0.131 e. The lowest BCUT2D eigenvalue weighted by atomic mass is 9.67. The summed E-state index contributed by atoms with van der Waals surface area (Å²) in [5.41, 5.74) is 6.77. The molecule has 74 valence electrons. The van der Waals surface area contributed by atoms with E-state index < -0.39 is 0 Å². The van der Waals surface area contributed by atoms with Crippen LogP contribution >= 0.6 is 0 Å². The predicted molar refractivity (Wildman–Crippen MR) is 54.3 cm³/mol. The van der Waals surface area contributed by atoms with Crippen molar-refractivity contribution in [1.82, 2.24) is 0 Å². The van der Waals surface area contributed by atoms with Gasteiger partial charge in [-0.05, 0) is 25.2 Å². The smallest absolute Gasteiger partial charge is 0.131 e. The van der Waals surface area contributed by atoms with Crippen molar-refractivity contribution in [1.29, 1.82) is 0 Å². The SMILES string of the molecule is CC1=CC(C=O)(CN)CCC1(C)C. The number of nitrogens with two attached hydrogens (primary N) is 1. The lowest BCUT2D eigenvalue weighted by Crippen LogP contribution is -2.36. The largest absolute Gasteiger partial charge is 0.329 e. The Morgan fingerprint density at radius 3 is 2.54 bits per heavy atom. The van der Waals surface area contributed by atoms with Gasteiger partial charge >= 0.3 is 0 Å². The molecule has 2 heteroatoms. The molecule has 0 aromatic heterocycles. The van der Waals surface area contributed by atoms with E-state index in [4.69, 9.17) is 5.73 Å². The molecule has 0 aromatic carbocycles. The first-order valence-electron chi connectivity index (χ1n) is 4.82. The zero-order valence-electron chi connectivity index (χ0n) is 8.76. The lowest BCUT2D eigenvalue weighted by molar-refractivity contribution is -0.114. The van der Waals surface area contributed by atoms with Crippen LogP contribution in [0.4, 0.5) is 0 Å². The van der Waals surface area contributed by atoms with Crippen molar-refractivity contribution >= 4 is 6.29 Å². The minimum Gasteiger partial charge on any atom is -0.329 e. The Labute approximate surface area is 80.2 Å². The summed E-state index contributed by atoms with van der Waals surface area (Å²) >= 11 is 0. The molecule has 1 unspecified atom stereocenters. The van der Waals surface area contributed by atoms with Crippen LogP contribution in [0.15, 0.2) is 11.6 Å². The molecule has 1 atom stereocenters. The maximum atomic E-state index is 10.9. The highest BCUT2D eigenvalue weighted by molar-refractivity contribution is 5.64. The van der Waals surface area contributed by atoms with Gasteiger partial charge in [-0.2, -0.15) is 0 Å². The highest BCUT2D eigenvalue weighted by Gasteiger charge is 2.35. The van der Waals surface area contributed by atoms with Gasteiger partial charge in [0.1, 0.15) is 6.29 Å². The fourth-order valence-electron chi connectivity index (χ4n) is 1.74. The Hall–Kier alpha value is -0.630. The standard InChI is InChI=1S/C11H19NO/c1-9-6-11(7-12,8-13)5-4-10(9,2)3/h6,8H,4-5,7,12H2,1-3H3. The highest BCUT2D eigenvalue weighted by atomic mass is 16.1. The molecule has 0 aliphatic heterocycles. The van der Waals surface area contributed by atoms with E-state index in [-0.39, 0.29) is 10.8 Å². The molecule has 0 aromatic rings. The quantitative estimate of drug-likeness (QED) is 0.522. The number of allylic oxidation sites excluding steroid dienone is 1. The van der Waals surface area contributed by atoms with Crippen LogP contribution in [0, 0.1) is 10.8 Å². The summed E-state index contributed by atoms with van der Waals surface area (Å²) in [4.78, 5) is 10.9. The second kappa shape index (κ2) is 3.26. The summed E-state index contributed by atoms with van der Waals surface area (Å²) in [5, 5.41) is 0. The van der Waals surface area contributed by atoms with Crippen LogP contribution in [-0.2, 0) is 4.79 Å². The van der Waals surface area contributed by atoms with Crippen molar-refractivity contribution in [3.63, 3.8) is 0 Å². The van der Waals surface area contributed by atoms with Gasteiger partial charge in [0.2, 0.25) is 0 Å². The van der Waals surface area contributed by atoms with Crippen LogP contribution in [0.3, 0.4) is 0 Å². The Kier molecular flexibility index (Phi) is 2.62. The van der Waals surface area contributed by atoms with E-state index in [1.165, 1.54) is 5.57 Å². The molecule has 0 fully saturated rings. The molecule has 0 bridgehead atoms. The van der Waals surface area contributed by atoms with Crippen molar-refractivity contribution < 1.29 is 4.79 Å². The number of hydrogen-bond acceptors (Lipinski definition) is 2. The van der Waals surface area contributed by atoms with Crippen molar-refractivity contribution in [2.24, 2.45) is 16.6 Å². The molecule has 0 saturated heterocycles. The summed E-state index contributed by atoms with van der Waals surface area (Å²) in [6, 6.07) is 0. The van der Waals surface area contributed by atoms with Gasteiger partial charge in [0.05, 0.1) is 5.41 Å². The molecule has 2 N–H and O–H groups in total. The van der Waals surface area contributed by atoms with E-state index in [9.17, 15) is 4.79 Å². The zero-order chi connectivity index (χ0) is 10.1. The average molecular weight is 181 g/mol. The molecule has 2 nitrogen and oxygen atoms in total. The van der Waals surface area contributed by atoms with Gasteiger partial charge in [-0.25, -0.2) is 0 Å². The summed E-state index contributed by atoms with van der Waals surface area (Å²) in [5.74, 6) is 0. The summed E-state index contributed by atoms with van der Waals surface area (Å²) in [6.07, 6.45) is 5.00. The molecule has 0 spiro atoms. The fraction of sp³-hybridized carbons (Fsp3) is 0.727. The second-order valence-electron chi connectivity index (χ2n) is 4.77. The molecule has 0 amide bonds. The Morgan fingerprint density at radius 1 is 1.54 bits per heavy atom. The van der Waals surface area contributed by atoms with E-state index in [2.05, 4.69) is 26.8 Å². The fourth-order valence-corrected chi connectivity index (χ4v) is 1.74. The molecule has 0 saturated carbocycles. The van der Waals surface area contributed by atoms with Crippen molar-refractivity contribution in [2.45, 2.75) is 33.6 Å². The summed E-state index contributed by atoms with van der Waals surface area (Å²) in [6.45, 7) is 6.95. The third kappa shape index (κ3) is 1.83. The van der Waals surface area contributed by atoms with Crippen LogP contribution in [-0.4, -0.2) is 12.8 Å². The van der Waals surface area contributed by atoms with E-state index >= 15 is 0 Å².